The van der Waals surface area contributed by atoms with Crippen molar-refractivity contribution < 1.29 is 14.0 Å². The Balaban J connectivity index is 1.37. The van der Waals surface area contributed by atoms with Gasteiger partial charge in [0.25, 0.3) is 5.91 Å². The van der Waals surface area contributed by atoms with Gasteiger partial charge in [0.05, 0.1) is 11.3 Å². The van der Waals surface area contributed by atoms with E-state index in [2.05, 4.69) is 5.32 Å². The number of aromatic nitrogens is 1. The zero-order valence-electron chi connectivity index (χ0n) is 22.8. The highest BCUT2D eigenvalue weighted by Gasteiger charge is 2.28. The van der Waals surface area contributed by atoms with Crippen molar-refractivity contribution in [1.29, 1.82) is 0 Å². The van der Waals surface area contributed by atoms with E-state index in [0.717, 1.165) is 45.0 Å². The van der Waals surface area contributed by atoms with Gasteiger partial charge in [-0.1, -0.05) is 35.9 Å². The first kappa shape index (κ1) is 26.2. The number of piperazine rings is 1. The molecule has 3 aromatic carbocycles. The monoisotopic (exact) mass is 524 g/mol. The van der Waals surface area contributed by atoms with Gasteiger partial charge in [0.1, 0.15) is 5.82 Å². The van der Waals surface area contributed by atoms with E-state index >= 15 is 0 Å². The van der Waals surface area contributed by atoms with E-state index in [1.807, 2.05) is 80.8 Å². The summed E-state index contributed by atoms with van der Waals surface area (Å²) in [6.45, 7) is 9.71. The second-order valence-electron chi connectivity index (χ2n) is 10.2. The zero-order valence-corrected chi connectivity index (χ0v) is 22.8. The minimum Gasteiger partial charge on any atom is -0.335 e. The number of nitrogens with zero attached hydrogens (tertiary/aromatic N) is 3. The van der Waals surface area contributed by atoms with E-state index < -0.39 is 0 Å². The van der Waals surface area contributed by atoms with Crippen LogP contribution in [0.3, 0.4) is 0 Å². The number of nitrogens with one attached hydrogen (secondary N) is 1. The van der Waals surface area contributed by atoms with E-state index in [0.29, 0.717) is 31.7 Å². The zero-order chi connectivity index (χ0) is 27.7. The van der Waals surface area contributed by atoms with Crippen molar-refractivity contribution in [3.05, 3.63) is 107 Å². The maximum absolute atomic E-state index is 13.7. The molecule has 1 aromatic heterocycles. The second kappa shape index (κ2) is 10.8. The van der Waals surface area contributed by atoms with Crippen LogP contribution in [0.2, 0.25) is 0 Å². The molecule has 0 bridgehead atoms. The van der Waals surface area contributed by atoms with Gasteiger partial charge in [-0.2, -0.15) is 0 Å². The molecular weight excluding hydrogens is 491 g/mol. The Morgan fingerprint density at radius 2 is 1.36 bits per heavy atom. The molecule has 7 heteroatoms. The molecule has 0 spiro atoms. The third-order valence-electron chi connectivity index (χ3n) is 7.48. The largest absolute Gasteiger partial charge is 0.335 e. The van der Waals surface area contributed by atoms with Gasteiger partial charge in [-0.25, -0.2) is 9.18 Å². The third kappa shape index (κ3) is 5.30. The lowest BCUT2D eigenvalue weighted by molar-refractivity contribution is 0.0671. The minimum atomic E-state index is -0.306. The summed E-state index contributed by atoms with van der Waals surface area (Å²) in [6.07, 6.45) is 0. The lowest BCUT2D eigenvalue weighted by Gasteiger charge is -2.35. The quantitative estimate of drug-likeness (QED) is 0.331. The van der Waals surface area contributed by atoms with Crippen molar-refractivity contribution in [2.45, 2.75) is 27.7 Å². The number of para-hydroxylation sites is 1. The van der Waals surface area contributed by atoms with E-state index in [-0.39, 0.29) is 17.8 Å². The Kier molecular flexibility index (Phi) is 7.24. The van der Waals surface area contributed by atoms with Crippen molar-refractivity contribution >= 4 is 17.6 Å². The molecule has 0 saturated carbocycles. The van der Waals surface area contributed by atoms with Gasteiger partial charge in [0.15, 0.2) is 0 Å². The molecule has 1 aliphatic heterocycles. The molecule has 1 saturated heterocycles. The number of carbonyl (C=O) groups excluding carboxylic acids is 2. The van der Waals surface area contributed by atoms with Crippen LogP contribution in [-0.4, -0.2) is 52.5 Å². The van der Waals surface area contributed by atoms with Crippen LogP contribution in [0.1, 0.15) is 32.7 Å². The molecule has 1 N–H and O–H groups in total. The lowest BCUT2D eigenvalue weighted by Crippen LogP contribution is -2.51. The molecule has 0 atom stereocenters. The Morgan fingerprint density at radius 3 is 1.97 bits per heavy atom. The Bertz CT molecular complexity index is 1500. The number of rotatable bonds is 4. The number of amides is 3. The van der Waals surface area contributed by atoms with Gasteiger partial charge in [-0.15, -0.1) is 0 Å². The summed E-state index contributed by atoms with van der Waals surface area (Å²) in [5.74, 6) is -0.378. The van der Waals surface area contributed by atoms with Gasteiger partial charge in [0, 0.05) is 43.2 Å². The highest BCUT2D eigenvalue weighted by atomic mass is 19.1. The first-order valence-corrected chi connectivity index (χ1v) is 13.2. The molecule has 0 unspecified atom stereocenters. The van der Waals surface area contributed by atoms with Crippen molar-refractivity contribution in [3.8, 4) is 16.9 Å². The number of hydrogen-bond acceptors (Lipinski definition) is 2. The molecule has 4 aromatic rings. The fraction of sp³-hybridized carbons (Fsp3) is 0.250. The van der Waals surface area contributed by atoms with Crippen LogP contribution in [0.15, 0.2) is 72.8 Å². The van der Waals surface area contributed by atoms with Crippen LogP contribution >= 0.6 is 0 Å². The predicted molar refractivity (Wildman–Crippen MR) is 153 cm³/mol. The van der Waals surface area contributed by atoms with Crippen molar-refractivity contribution in [1.82, 2.24) is 14.4 Å². The number of hydrogen-bond donors (Lipinski definition) is 1. The van der Waals surface area contributed by atoms with Gasteiger partial charge in [0.2, 0.25) is 0 Å². The molecule has 3 amide bonds. The fourth-order valence-electron chi connectivity index (χ4n) is 5.16. The number of urea groups is 1. The van der Waals surface area contributed by atoms with Crippen LogP contribution in [0.25, 0.3) is 16.9 Å². The van der Waals surface area contributed by atoms with E-state index in [9.17, 15) is 14.0 Å². The smallest absolute Gasteiger partial charge is 0.321 e. The minimum absolute atomic E-state index is 0.0727. The summed E-state index contributed by atoms with van der Waals surface area (Å²) in [4.78, 5) is 30.3. The summed E-state index contributed by atoms with van der Waals surface area (Å²) in [7, 11) is 0. The highest BCUT2D eigenvalue weighted by Crippen LogP contribution is 2.31. The Labute approximate surface area is 228 Å². The van der Waals surface area contributed by atoms with Gasteiger partial charge in [-0.05, 0) is 86.8 Å². The standard InChI is InChI=1S/C32H33FN4O2/c1-21-8-14-27(15-9-21)37-24(4)28(20-29(37)25-10-12-26(33)13-11-25)31(38)35-16-18-36(19-17-35)32(39)34-30-22(2)6-5-7-23(30)3/h5-15,20H,16-19H2,1-4H3,(H,34,39). The maximum atomic E-state index is 13.7. The second-order valence-corrected chi connectivity index (χ2v) is 10.2. The van der Waals surface area contributed by atoms with E-state index in [1.165, 1.54) is 12.1 Å². The number of carbonyl (C=O) groups is 2. The summed E-state index contributed by atoms with van der Waals surface area (Å²) in [6, 6.07) is 22.1. The van der Waals surface area contributed by atoms with Crippen LogP contribution in [0.4, 0.5) is 14.9 Å². The summed E-state index contributed by atoms with van der Waals surface area (Å²) in [5.41, 5.74) is 8.01. The first-order chi connectivity index (χ1) is 18.7. The summed E-state index contributed by atoms with van der Waals surface area (Å²) in [5, 5.41) is 3.04. The molecule has 1 fully saturated rings. The SMILES string of the molecule is Cc1ccc(-n2c(-c3ccc(F)cc3)cc(C(=O)N3CCN(C(=O)Nc4c(C)cccc4C)CC3)c2C)cc1. The summed E-state index contributed by atoms with van der Waals surface area (Å²) < 4.78 is 15.7. The topological polar surface area (TPSA) is 57.6 Å². The number of anilines is 1. The van der Waals surface area contributed by atoms with Crippen LogP contribution < -0.4 is 5.32 Å². The lowest BCUT2D eigenvalue weighted by atomic mass is 10.1. The van der Waals surface area contributed by atoms with Crippen molar-refractivity contribution in [3.63, 3.8) is 0 Å². The normalized spacial score (nSPS) is 13.5. The van der Waals surface area contributed by atoms with Crippen molar-refractivity contribution in [2.75, 3.05) is 31.5 Å². The molecule has 200 valence electrons. The van der Waals surface area contributed by atoms with E-state index in [4.69, 9.17) is 0 Å². The number of benzene rings is 3. The third-order valence-corrected chi connectivity index (χ3v) is 7.48. The summed E-state index contributed by atoms with van der Waals surface area (Å²) >= 11 is 0. The number of aryl methyl sites for hydroxylation is 3. The Morgan fingerprint density at radius 1 is 0.769 bits per heavy atom. The molecule has 2 heterocycles. The van der Waals surface area contributed by atoms with Crippen molar-refractivity contribution in [2.24, 2.45) is 0 Å². The highest BCUT2D eigenvalue weighted by molar-refractivity contribution is 5.98. The molecule has 1 aliphatic rings. The number of halogens is 1. The van der Waals surface area contributed by atoms with Crippen LogP contribution in [0, 0.1) is 33.5 Å². The molecule has 0 aliphatic carbocycles. The van der Waals surface area contributed by atoms with Gasteiger partial charge >= 0.3 is 6.03 Å². The van der Waals surface area contributed by atoms with Crippen LogP contribution in [0.5, 0.6) is 0 Å². The molecule has 6 nitrogen and oxygen atoms in total. The molecule has 0 radical (unpaired) electrons. The molecule has 5 rings (SSSR count). The van der Waals surface area contributed by atoms with E-state index in [1.54, 1.807) is 21.9 Å². The average Bonchev–Trinajstić information content (AvgIpc) is 3.28. The van der Waals surface area contributed by atoms with Gasteiger partial charge in [-0.3, -0.25) is 4.79 Å². The average molecular weight is 525 g/mol. The van der Waals surface area contributed by atoms with Crippen LogP contribution in [-0.2, 0) is 0 Å². The molecule has 39 heavy (non-hydrogen) atoms. The molecular formula is C32H33FN4O2. The predicted octanol–water partition coefficient (Wildman–Crippen LogP) is 6.51. The fourth-order valence-corrected chi connectivity index (χ4v) is 5.16. The first-order valence-electron chi connectivity index (χ1n) is 13.2. The maximum Gasteiger partial charge on any atom is 0.321 e. The van der Waals surface area contributed by atoms with Gasteiger partial charge < -0.3 is 19.7 Å². The Hall–Kier alpha value is -4.39.